The highest BCUT2D eigenvalue weighted by Gasteiger charge is 2.45. The largest absolute Gasteiger partial charge is 0.335 e. The first-order valence-corrected chi connectivity index (χ1v) is 9.61. The molecule has 1 atom stereocenters. The first-order chi connectivity index (χ1) is 12.5. The van der Waals surface area contributed by atoms with Gasteiger partial charge in [-0.1, -0.05) is 74.5 Å². The summed E-state index contributed by atoms with van der Waals surface area (Å²) in [5.74, 6) is 0.733. The lowest BCUT2D eigenvalue weighted by Gasteiger charge is -2.48. The zero-order valence-electron chi connectivity index (χ0n) is 16.2. The van der Waals surface area contributed by atoms with E-state index < -0.39 is 5.54 Å². The van der Waals surface area contributed by atoms with E-state index in [9.17, 15) is 4.79 Å². The van der Waals surface area contributed by atoms with Crippen LogP contribution < -0.4 is 0 Å². The van der Waals surface area contributed by atoms with Crippen molar-refractivity contribution < 1.29 is 4.79 Å². The van der Waals surface area contributed by atoms with Crippen LogP contribution in [0.15, 0.2) is 60.7 Å². The zero-order valence-corrected chi connectivity index (χ0v) is 16.2. The second-order valence-corrected chi connectivity index (χ2v) is 7.99. The van der Waals surface area contributed by atoms with Crippen molar-refractivity contribution in [2.45, 2.75) is 45.8 Å². The molecule has 3 rings (SSSR count). The van der Waals surface area contributed by atoms with Crippen molar-refractivity contribution in [2.24, 2.45) is 5.92 Å². The monoisotopic (exact) mass is 350 g/mol. The molecule has 26 heavy (non-hydrogen) atoms. The van der Waals surface area contributed by atoms with Crippen molar-refractivity contribution in [1.29, 1.82) is 0 Å². The van der Waals surface area contributed by atoms with E-state index in [2.05, 4.69) is 62.1 Å². The number of carbonyl (C=O) groups is 1. The maximum Gasteiger partial charge on any atom is 0.243 e. The SMILES string of the molecule is CC(C)CC1(C)C(=O)N(Cc2ccccc2)CCN1Cc1ccccc1. The molecule has 1 unspecified atom stereocenters. The highest BCUT2D eigenvalue weighted by Crippen LogP contribution is 2.32. The number of hydrogen-bond acceptors (Lipinski definition) is 2. The molecule has 1 heterocycles. The molecule has 138 valence electrons. The summed E-state index contributed by atoms with van der Waals surface area (Å²) in [7, 11) is 0. The van der Waals surface area contributed by atoms with Gasteiger partial charge in [-0.25, -0.2) is 0 Å². The molecule has 2 aromatic rings. The third-order valence-corrected chi connectivity index (χ3v) is 5.32. The van der Waals surface area contributed by atoms with E-state index in [1.165, 1.54) is 11.1 Å². The van der Waals surface area contributed by atoms with Crippen molar-refractivity contribution in [2.75, 3.05) is 13.1 Å². The van der Waals surface area contributed by atoms with E-state index in [1.807, 2.05) is 29.2 Å². The Hall–Kier alpha value is -2.13. The quantitative estimate of drug-likeness (QED) is 0.774. The molecule has 3 nitrogen and oxygen atoms in total. The van der Waals surface area contributed by atoms with E-state index in [-0.39, 0.29) is 5.91 Å². The normalized spacial score (nSPS) is 21.4. The second-order valence-electron chi connectivity index (χ2n) is 7.99. The third-order valence-electron chi connectivity index (χ3n) is 5.32. The number of nitrogens with zero attached hydrogens (tertiary/aromatic N) is 2. The Labute approximate surface area is 157 Å². The van der Waals surface area contributed by atoms with Crippen LogP contribution in [0.4, 0.5) is 0 Å². The van der Waals surface area contributed by atoms with Gasteiger partial charge in [-0.3, -0.25) is 9.69 Å². The van der Waals surface area contributed by atoms with Crippen LogP contribution in [0.2, 0.25) is 0 Å². The van der Waals surface area contributed by atoms with Crippen LogP contribution in [-0.4, -0.2) is 34.3 Å². The highest BCUT2D eigenvalue weighted by atomic mass is 16.2. The summed E-state index contributed by atoms with van der Waals surface area (Å²) in [5.41, 5.74) is 2.02. The molecule has 1 amide bonds. The van der Waals surface area contributed by atoms with Gasteiger partial charge in [0.05, 0.1) is 5.54 Å². The van der Waals surface area contributed by atoms with Gasteiger partial charge in [0.1, 0.15) is 0 Å². The molecule has 0 radical (unpaired) electrons. The molecule has 1 aliphatic heterocycles. The van der Waals surface area contributed by atoms with Crippen LogP contribution in [0, 0.1) is 5.92 Å². The minimum Gasteiger partial charge on any atom is -0.335 e. The van der Waals surface area contributed by atoms with Crippen LogP contribution in [0.25, 0.3) is 0 Å². The predicted octanol–water partition coefficient (Wildman–Crippen LogP) is 4.34. The Morgan fingerprint density at radius 3 is 1.96 bits per heavy atom. The highest BCUT2D eigenvalue weighted by molar-refractivity contribution is 5.86. The van der Waals surface area contributed by atoms with Gasteiger partial charge in [-0.2, -0.15) is 0 Å². The predicted molar refractivity (Wildman–Crippen MR) is 107 cm³/mol. The van der Waals surface area contributed by atoms with Gasteiger partial charge in [-0.05, 0) is 30.4 Å². The van der Waals surface area contributed by atoms with Gasteiger partial charge >= 0.3 is 0 Å². The third kappa shape index (κ3) is 4.16. The Morgan fingerprint density at radius 2 is 1.42 bits per heavy atom. The molecule has 0 N–H and O–H groups in total. The van der Waals surface area contributed by atoms with E-state index in [4.69, 9.17) is 0 Å². The summed E-state index contributed by atoms with van der Waals surface area (Å²) in [6.07, 6.45) is 0.879. The van der Waals surface area contributed by atoms with Crippen LogP contribution in [0.3, 0.4) is 0 Å². The average molecular weight is 351 g/mol. The van der Waals surface area contributed by atoms with Crippen LogP contribution in [-0.2, 0) is 17.9 Å². The van der Waals surface area contributed by atoms with E-state index in [0.29, 0.717) is 12.5 Å². The van der Waals surface area contributed by atoms with E-state index >= 15 is 0 Å². The molecule has 0 aromatic heterocycles. The van der Waals surface area contributed by atoms with Crippen molar-refractivity contribution in [1.82, 2.24) is 9.80 Å². The molecule has 3 heteroatoms. The Morgan fingerprint density at radius 1 is 0.885 bits per heavy atom. The molecule has 0 spiro atoms. The fraction of sp³-hybridized carbons (Fsp3) is 0.435. The molecule has 1 fully saturated rings. The van der Waals surface area contributed by atoms with Crippen LogP contribution in [0.5, 0.6) is 0 Å². The number of rotatable bonds is 6. The van der Waals surface area contributed by atoms with E-state index in [0.717, 1.165) is 26.1 Å². The minimum absolute atomic E-state index is 0.261. The topological polar surface area (TPSA) is 23.6 Å². The van der Waals surface area contributed by atoms with Crippen LogP contribution in [0.1, 0.15) is 38.3 Å². The van der Waals surface area contributed by atoms with Gasteiger partial charge in [0.15, 0.2) is 0 Å². The molecular formula is C23H30N2O. The van der Waals surface area contributed by atoms with E-state index in [1.54, 1.807) is 0 Å². The summed E-state index contributed by atoms with van der Waals surface area (Å²) in [5, 5.41) is 0. The number of carbonyl (C=O) groups excluding carboxylic acids is 1. The Bertz CT molecular complexity index is 714. The summed E-state index contributed by atoms with van der Waals surface area (Å²) in [6, 6.07) is 20.8. The molecule has 2 aromatic carbocycles. The van der Waals surface area contributed by atoms with Gasteiger partial charge in [-0.15, -0.1) is 0 Å². The van der Waals surface area contributed by atoms with Crippen LogP contribution >= 0.6 is 0 Å². The number of benzene rings is 2. The minimum atomic E-state index is -0.447. The fourth-order valence-electron chi connectivity index (χ4n) is 4.09. The van der Waals surface area contributed by atoms with Crippen molar-refractivity contribution in [3.05, 3.63) is 71.8 Å². The summed E-state index contributed by atoms with van der Waals surface area (Å²) in [6.45, 7) is 9.77. The summed E-state index contributed by atoms with van der Waals surface area (Å²) >= 11 is 0. The van der Waals surface area contributed by atoms with Crippen molar-refractivity contribution >= 4 is 5.91 Å². The molecule has 0 bridgehead atoms. The molecular weight excluding hydrogens is 320 g/mol. The molecule has 1 saturated heterocycles. The average Bonchev–Trinajstić information content (AvgIpc) is 2.63. The molecule has 0 aliphatic carbocycles. The lowest BCUT2D eigenvalue weighted by atomic mass is 9.85. The Kier molecular flexibility index (Phi) is 5.77. The second kappa shape index (κ2) is 8.05. The van der Waals surface area contributed by atoms with Crippen molar-refractivity contribution in [3.8, 4) is 0 Å². The lowest BCUT2D eigenvalue weighted by molar-refractivity contribution is -0.153. The smallest absolute Gasteiger partial charge is 0.243 e. The molecule has 0 saturated carbocycles. The lowest BCUT2D eigenvalue weighted by Crippen LogP contribution is -2.64. The maximum atomic E-state index is 13.5. The summed E-state index contributed by atoms with van der Waals surface area (Å²) < 4.78 is 0. The van der Waals surface area contributed by atoms with Gasteiger partial charge in [0.25, 0.3) is 0 Å². The maximum absolute atomic E-state index is 13.5. The first-order valence-electron chi connectivity index (χ1n) is 9.61. The molecule has 1 aliphatic rings. The standard InChI is InChI=1S/C23H30N2O/c1-19(2)16-23(3)22(26)24(17-20-10-6-4-7-11-20)14-15-25(23)18-21-12-8-5-9-13-21/h4-13,19H,14-18H2,1-3H3. The Balaban J connectivity index is 1.81. The fourth-order valence-corrected chi connectivity index (χ4v) is 4.09. The van der Waals surface area contributed by atoms with Crippen molar-refractivity contribution in [3.63, 3.8) is 0 Å². The number of piperazine rings is 1. The summed E-state index contributed by atoms with van der Waals surface area (Å²) in [4.78, 5) is 17.9. The zero-order chi connectivity index (χ0) is 18.6. The first kappa shape index (κ1) is 18.7. The van der Waals surface area contributed by atoms with Gasteiger partial charge in [0.2, 0.25) is 5.91 Å². The van der Waals surface area contributed by atoms with Gasteiger partial charge < -0.3 is 4.90 Å². The number of hydrogen-bond donors (Lipinski definition) is 0. The van der Waals surface area contributed by atoms with Gasteiger partial charge in [0, 0.05) is 26.2 Å². The number of amides is 1.